The number of amides is 1. The van der Waals surface area contributed by atoms with E-state index in [0.29, 0.717) is 25.3 Å². The Hall–Kier alpha value is -2.70. The van der Waals surface area contributed by atoms with Gasteiger partial charge in [0.25, 0.3) is 5.91 Å². The maximum Gasteiger partial charge on any atom is 0.258 e. The molecule has 3 rings (SSSR count). The summed E-state index contributed by atoms with van der Waals surface area (Å²) in [6.45, 7) is 0.857. The van der Waals surface area contributed by atoms with E-state index in [0.717, 1.165) is 11.3 Å². The van der Waals surface area contributed by atoms with E-state index in [-0.39, 0.29) is 17.4 Å². The van der Waals surface area contributed by atoms with Gasteiger partial charge in [-0.15, -0.1) is 0 Å². The number of nitrogens with two attached hydrogens (primary N) is 1. The highest BCUT2D eigenvalue weighted by Gasteiger charge is 2.25. The summed E-state index contributed by atoms with van der Waals surface area (Å²) in [4.78, 5) is 22.4. The predicted molar refractivity (Wildman–Crippen MR) is 77.8 cm³/mol. The van der Waals surface area contributed by atoms with Crippen LogP contribution in [0.1, 0.15) is 21.6 Å². The lowest BCUT2D eigenvalue weighted by molar-refractivity contribution is 0.0729. The number of carbonyl (C=O) groups excluding carboxylic acids is 1. The van der Waals surface area contributed by atoms with Crippen LogP contribution < -0.4 is 10.5 Å². The monoisotopic (exact) mass is 302 g/mol. The second kappa shape index (κ2) is 5.59. The van der Waals surface area contributed by atoms with Gasteiger partial charge in [0.05, 0.1) is 18.4 Å². The molecule has 2 aromatic rings. The van der Waals surface area contributed by atoms with Gasteiger partial charge in [-0.3, -0.25) is 4.79 Å². The van der Waals surface area contributed by atoms with Crippen LogP contribution in [0, 0.1) is 5.82 Å². The van der Waals surface area contributed by atoms with Gasteiger partial charge in [-0.2, -0.15) is 0 Å². The Balaban J connectivity index is 1.88. The van der Waals surface area contributed by atoms with Gasteiger partial charge in [0.2, 0.25) is 5.95 Å². The zero-order valence-electron chi connectivity index (χ0n) is 12.0. The Labute approximate surface area is 126 Å². The molecule has 0 atom stereocenters. The topological polar surface area (TPSA) is 81.3 Å². The number of fused-ring (bicyclic) bond motifs is 1. The average molecular weight is 302 g/mol. The molecule has 22 heavy (non-hydrogen) atoms. The van der Waals surface area contributed by atoms with Gasteiger partial charge >= 0.3 is 0 Å². The van der Waals surface area contributed by atoms with Crippen LogP contribution in [-0.4, -0.2) is 34.4 Å². The molecule has 0 radical (unpaired) electrons. The summed E-state index contributed by atoms with van der Waals surface area (Å²) in [6, 6.07) is 3.90. The maximum absolute atomic E-state index is 13.4. The van der Waals surface area contributed by atoms with Gasteiger partial charge < -0.3 is 15.4 Å². The molecule has 114 valence electrons. The van der Waals surface area contributed by atoms with Crippen LogP contribution in [0.4, 0.5) is 10.3 Å². The predicted octanol–water partition coefficient (Wildman–Crippen LogP) is 1.41. The van der Waals surface area contributed by atoms with Crippen molar-refractivity contribution in [3.63, 3.8) is 0 Å². The Bertz CT molecular complexity index is 735. The molecule has 1 aromatic carbocycles. The second-order valence-corrected chi connectivity index (χ2v) is 5.02. The first-order valence-corrected chi connectivity index (χ1v) is 6.81. The van der Waals surface area contributed by atoms with Crippen molar-refractivity contribution < 1.29 is 13.9 Å². The summed E-state index contributed by atoms with van der Waals surface area (Å²) < 4.78 is 18.6. The third-order valence-electron chi connectivity index (χ3n) is 3.63. The van der Waals surface area contributed by atoms with Crippen LogP contribution in [0.15, 0.2) is 24.4 Å². The van der Waals surface area contributed by atoms with Gasteiger partial charge in [-0.1, -0.05) is 0 Å². The number of hydrogen-bond donors (Lipinski definition) is 1. The minimum absolute atomic E-state index is 0.210. The molecule has 1 aliphatic rings. The Kier molecular flexibility index (Phi) is 3.62. The third-order valence-corrected chi connectivity index (χ3v) is 3.63. The minimum atomic E-state index is -0.474. The zero-order valence-corrected chi connectivity index (χ0v) is 12.0. The van der Waals surface area contributed by atoms with Gasteiger partial charge in [0, 0.05) is 31.3 Å². The van der Waals surface area contributed by atoms with Crippen molar-refractivity contribution in [2.45, 2.75) is 13.0 Å². The maximum atomic E-state index is 13.4. The molecule has 0 spiro atoms. The van der Waals surface area contributed by atoms with E-state index < -0.39 is 5.82 Å². The van der Waals surface area contributed by atoms with E-state index in [1.165, 1.54) is 25.3 Å². The summed E-state index contributed by atoms with van der Waals surface area (Å²) in [6.07, 6.45) is 2.21. The fourth-order valence-corrected chi connectivity index (χ4v) is 2.52. The van der Waals surface area contributed by atoms with Crippen LogP contribution >= 0.6 is 0 Å². The summed E-state index contributed by atoms with van der Waals surface area (Å²) in [7, 11) is 1.45. The number of hydrogen-bond acceptors (Lipinski definition) is 5. The number of halogens is 1. The number of nitrogen functional groups attached to an aromatic ring is 1. The highest BCUT2D eigenvalue weighted by atomic mass is 19.1. The molecular formula is C15H15FN4O2. The molecule has 0 saturated heterocycles. The lowest BCUT2D eigenvalue weighted by Gasteiger charge is -2.28. The molecule has 2 N–H and O–H groups in total. The summed E-state index contributed by atoms with van der Waals surface area (Å²) in [5.74, 6) is -0.174. The van der Waals surface area contributed by atoms with E-state index in [1.54, 1.807) is 11.1 Å². The molecule has 0 saturated carbocycles. The van der Waals surface area contributed by atoms with E-state index in [9.17, 15) is 9.18 Å². The molecule has 1 aromatic heterocycles. The van der Waals surface area contributed by atoms with Gasteiger partial charge in [0.1, 0.15) is 11.6 Å². The quantitative estimate of drug-likeness (QED) is 0.907. The van der Waals surface area contributed by atoms with Crippen molar-refractivity contribution in [1.82, 2.24) is 14.9 Å². The number of nitrogens with zero attached hydrogens (tertiary/aromatic N) is 3. The van der Waals surface area contributed by atoms with Crippen molar-refractivity contribution in [3.05, 3.63) is 47.0 Å². The van der Waals surface area contributed by atoms with Crippen LogP contribution in [0.5, 0.6) is 5.75 Å². The Morgan fingerprint density at radius 2 is 2.27 bits per heavy atom. The first-order chi connectivity index (χ1) is 10.6. The minimum Gasteiger partial charge on any atom is -0.496 e. The van der Waals surface area contributed by atoms with E-state index in [4.69, 9.17) is 10.5 Å². The molecule has 2 heterocycles. The molecule has 7 heteroatoms. The van der Waals surface area contributed by atoms with Crippen LogP contribution in [0.25, 0.3) is 0 Å². The number of aromatic nitrogens is 2. The number of anilines is 1. The van der Waals surface area contributed by atoms with Gasteiger partial charge in [-0.25, -0.2) is 14.4 Å². The standard InChI is InChI=1S/C15H15FN4O2/c1-22-13-3-2-10(16)6-11(13)14(21)20-5-4-12-9(8-20)7-18-15(17)19-12/h2-3,6-7H,4-5,8H2,1H3,(H2,17,18,19). The van der Waals surface area contributed by atoms with Crippen molar-refractivity contribution in [2.24, 2.45) is 0 Å². The molecular weight excluding hydrogens is 287 g/mol. The SMILES string of the molecule is COc1ccc(F)cc1C(=O)N1CCc2nc(N)ncc2C1. The Morgan fingerprint density at radius 3 is 3.05 bits per heavy atom. The van der Waals surface area contributed by atoms with Crippen LogP contribution in [-0.2, 0) is 13.0 Å². The van der Waals surface area contributed by atoms with Crippen molar-refractivity contribution in [1.29, 1.82) is 0 Å². The van der Waals surface area contributed by atoms with Crippen LogP contribution in [0.2, 0.25) is 0 Å². The lowest BCUT2D eigenvalue weighted by Crippen LogP contribution is -2.36. The molecule has 0 fully saturated rings. The number of benzene rings is 1. The highest BCUT2D eigenvalue weighted by molar-refractivity contribution is 5.97. The fraction of sp³-hybridized carbons (Fsp3) is 0.267. The number of ether oxygens (including phenoxy) is 1. The molecule has 6 nitrogen and oxygen atoms in total. The first-order valence-electron chi connectivity index (χ1n) is 6.81. The third kappa shape index (κ3) is 2.57. The molecule has 0 bridgehead atoms. The van der Waals surface area contributed by atoms with Gasteiger partial charge in [-0.05, 0) is 18.2 Å². The number of rotatable bonds is 2. The zero-order chi connectivity index (χ0) is 15.7. The smallest absolute Gasteiger partial charge is 0.258 e. The van der Waals surface area contributed by atoms with Crippen LogP contribution in [0.3, 0.4) is 0 Å². The molecule has 0 unspecified atom stereocenters. The average Bonchev–Trinajstić information content (AvgIpc) is 2.53. The van der Waals surface area contributed by atoms with E-state index in [2.05, 4.69) is 9.97 Å². The van der Waals surface area contributed by atoms with Crippen molar-refractivity contribution in [2.75, 3.05) is 19.4 Å². The summed E-state index contributed by atoms with van der Waals surface area (Å²) >= 11 is 0. The van der Waals surface area contributed by atoms with Gasteiger partial charge in [0.15, 0.2) is 0 Å². The fourth-order valence-electron chi connectivity index (χ4n) is 2.52. The van der Waals surface area contributed by atoms with E-state index >= 15 is 0 Å². The summed E-state index contributed by atoms with van der Waals surface area (Å²) in [5, 5.41) is 0. The lowest BCUT2D eigenvalue weighted by atomic mass is 10.1. The largest absolute Gasteiger partial charge is 0.496 e. The molecule has 1 aliphatic heterocycles. The first kappa shape index (κ1) is 14.2. The van der Waals surface area contributed by atoms with Crippen molar-refractivity contribution >= 4 is 11.9 Å². The Morgan fingerprint density at radius 1 is 1.45 bits per heavy atom. The molecule has 0 aliphatic carbocycles. The second-order valence-electron chi connectivity index (χ2n) is 5.02. The number of methoxy groups -OCH3 is 1. The molecule has 1 amide bonds. The van der Waals surface area contributed by atoms with E-state index in [1.807, 2.05) is 0 Å². The highest BCUT2D eigenvalue weighted by Crippen LogP contribution is 2.24. The normalized spacial score (nSPS) is 13.6. The van der Waals surface area contributed by atoms with Crippen molar-refractivity contribution in [3.8, 4) is 5.75 Å². The summed E-state index contributed by atoms with van der Waals surface area (Å²) in [5.41, 5.74) is 7.47. The number of carbonyl (C=O) groups is 1.